The van der Waals surface area contributed by atoms with Crippen LogP contribution < -0.4 is 14.8 Å². The van der Waals surface area contributed by atoms with Gasteiger partial charge >= 0.3 is 0 Å². The SMILES string of the molecule is COc1ncc2cc1NS(=O)(=O)c1cccc(c1)C(=O)NCc1cc(ccn1)-c1cnc3sc-2nn13. The Hall–Kier alpha value is -4.36. The molecular formula is C23H17N7O4S2. The molecule has 0 saturated heterocycles. The number of fused-ring (bicyclic) bond motifs is 9. The number of amides is 1. The van der Waals surface area contributed by atoms with Crippen molar-refractivity contribution in [3.8, 4) is 27.7 Å². The molecule has 8 bridgehead atoms. The quantitative estimate of drug-likeness (QED) is 0.344. The van der Waals surface area contributed by atoms with Crippen molar-refractivity contribution in [2.45, 2.75) is 11.4 Å². The van der Waals surface area contributed by atoms with Crippen molar-refractivity contribution >= 4 is 37.9 Å². The summed E-state index contributed by atoms with van der Waals surface area (Å²) in [5, 5.41) is 8.08. The number of nitrogens with one attached hydrogen (secondary N) is 2. The fourth-order valence-corrected chi connectivity index (χ4v) is 5.78. The van der Waals surface area contributed by atoms with Gasteiger partial charge in [0.25, 0.3) is 15.9 Å². The average molecular weight is 520 g/mol. The van der Waals surface area contributed by atoms with Crippen LogP contribution in [0.3, 0.4) is 0 Å². The lowest BCUT2D eigenvalue weighted by atomic mass is 10.1. The van der Waals surface area contributed by atoms with Crippen molar-refractivity contribution in [2.24, 2.45) is 0 Å². The summed E-state index contributed by atoms with van der Waals surface area (Å²) in [4.78, 5) is 26.5. The number of sulfonamides is 1. The molecule has 6 rings (SSSR count). The number of anilines is 1. The van der Waals surface area contributed by atoms with Crippen LogP contribution in [-0.2, 0) is 16.6 Å². The van der Waals surface area contributed by atoms with Gasteiger partial charge in [0.05, 0.1) is 36.1 Å². The summed E-state index contributed by atoms with van der Waals surface area (Å²) in [6.07, 6.45) is 4.93. The molecule has 36 heavy (non-hydrogen) atoms. The normalized spacial score (nSPS) is 14.5. The number of rotatable bonds is 1. The first kappa shape index (κ1) is 22.1. The average Bonchev–Trinajstić information content (AvgIpc) is 3.48. The van der Waals surface area contributed by atoms with Crippen LogP contribution in [0, 0.1) is 0 Å². The van der Waals surface area contributed by atoms with Gasteiger partial charge in [-0.2, -0.15) is 5.10 Å². The molecule has 11 nitrogen and oxygen atoms in total. The Kier molecular flexibility index (Phi) is 5.16. The zero-order valence-electron chi connectivity index (χ0n) is 18.7. The Labute approximate surface area is 208 Å². The maximum absolute atomic E-state index is 13.2. The monoisotopic (exact) mass is 519 g/mol. The summed E-state index contributed by atoms with van der Waals surface area (Å²) in [5.41, 5.74) is 3.13. The number of pyridine rings is 2. The second kappa shape index (κ2) is 8.39. The van der Waals surface area contributed by atoms with Crippen molar-refractivity contribution in [2.75, 3.05) is 11.8 Å². The van der Waals surface area contributed by atoms with Crippen LogP contribution in [0.1, 0.15) is 16.1 Å². The highest BCUT2D eigenvalue weighted by atomic mass is 32.2. The number of hydrogen-bond acceptors (Lipinski definition) is 9. The van der Waals surface area contributed by atoms with Gasteiger partial charge in [0.15, 0.2) is 0 Å². The predicted molar refractivity (Wildman–Crippen MR) is 132 cm³/mol. The fraction of sp³-hybridized carbons (Fsp3) is 0.0870. The highest BCUT2D eigenvalue weighted by Gasteiger charge is 2.21. The molecule has 5 heterocycles. The molecule has 0 aliphatic carbocycles. The number of nitrogens with zero attached hydrogens (tertiary/aromatic N) is 5. The molecule has 4 aromatic heterocycles. The number of ether oxygens (including phenoxy) is 1. The largest absolute Gasteiger partial charge is 0.480 e. The topological polar surface area (TPSA) is 140 Å². The lowest BCUT2D eigenvalue weighted by Gasteiger charge is -2.13. The minimum Gasteiger partial charge on any atom is -0.480 e. The zero-order chi connectivity index (χ0) is 24.9. The Balaban J connectivity index is 1.56. The molecule has 0 spiro atoms. The first-order valence-electron chi connectivity index (χ1n) is 10.7. The number of methoxy groups -OCH3 is 1. The molecule has 0 radical (unpaired) electrons. The van der Waals surface area contributed by atoms with Crippen LogP contribution in [0.2, 0.25) is 0 Å². The van der Waals surface area contributed by atoms with Gasteiger partial charge in [-0.1, -0.05) is 17.4 Å². The second-order valence-electron chi connectivity index (χ2n) is 7.88. The maximum atomic E-state index is 13.2. The van der Waals surface area contributed by atoms with Crippen LogP contribution in [0.4, 0.5) is 5.69 Å². The van der Waals surface area contributed by atoms with Gasteiger partial charge in [-0.05, 0) is 36.4 Å². The van der Waals surface area contributed by atoms with Crippen LogP contribution in [0.25, 0.3) is 26.8 Å². The molecule has 1 amide bonds. The van der Waals surface area contributed by atoms with E-state index in [0.717, 1.165) is 11.3 Å². The van der Waals surface area contributed by atoms with E-state index >= 15 is 0 Å². The Morgan fingerprint density at radius 2 is 1.92 bits per heavy atom. The molecule has 5 aromatic rings. The van der Waals surface area contributed by atoms with Gasteiger partial charge < -0.3 is 10.1 Å². The first-order valence-corrected chi connectivity index (χ1v) is 13.0. The van der Waals surface area contributed by atoms with E-state index < -0.39 is 15.9 Å². The van der Waals surface area contributed by atoms with Gasteiger partial charge in [0, 0.05) is 29.1 Å². The van der Waals surface area contributed by atoms with Crippen molar-refractivity contribution in [1.29, 1.82) is 0 Å². The molecule has 13 heteroatoms. The molecule has 2 N–H and O–H groups in total. The lowest BCUT2D eigenvalue weighted by Crippen LogP contribution is -2.24. The summed E-state index contributed by atoms with van der Waals surface area (Å²) < 4.78 is 35.9. The first-order chi connectivity index (χ1) is 17.4. The van der Waals surface area contributed by atoms with Crippen LogP contribution in [0.5, 0.6) is 5.88 Å². The molecular weight excluding hydrogens is 502 g/mol. The number of carbonyl (C=O) groups is 1. The van der Waals surface area contributed by atoms with Crippen molar-refractivity contribution in [3.05, 3.63) is 72.3 Å². The van der Waals surface area contributed by atoms with E-state index in [1.165, 1.54) is 36.6 Å². The third-order valence-corrected chi connectivity index (χ3v) is 7.90. The molecule has 0 fully saturated rings. The molecule has 1 aliphatic heterocycles. The Morgan fingerprint density at radius 3 is 2.78 bits per heavy atom. The highest BCUT2D eigenvalue weighted by Crippen LogP contribution is 2.33. The number of benzene rings is 1. The summed E-state index contributed by atoms with van der Waals surface area (Å²) in [6.45, 7) is 0.152. The third-order valence-electron chi connectivity index (χ3n) is 5.57. The van der Waals surface area contributed by atoms with Crippen molar-refractivity contribution in [3.63, 3.8) is 0 Å². The van der Waals surface area contributed by atoms with E-state index in [0.29, 0.717) is 21.2 Å². The van der Waals surface area contributed by atoms with E-state index in [2.05, 4.69) is 25.0 Å². The van der Waals surface area contributed by atoms with Gasteiger partial charge in [-0.3, -0.25) is 14.5 Å². The fourth-order valence-electron chi connectivity index (χ4n) is 3.83. The maximum Gasteiger partial charge on any atom is 0.262 e. The van der Waals surface area contributed by atoms with Gasteiger partial charge in [-0.15, -0.1) is 0 Å². The van der Waals surface area contributed by atoms with Crippen molar-refractivity contribution < 1.29 is 17.9 Å². The number of imidazole rings is 1. The van der Waals surface area contributed by atoms with Gasteiger partial charge in [0.2, 0.25) is 10.8 Å². The predicted octanol–water partition coefficient (Wildman–Crippen LogP) is 2.97. The van der Waals surface area contributed by atoms with Gasteiger partial charge in [0.1, 0.15) is 10.7 Å². The van der Waals surface area contributed by atoms with Crippen molar-refractivity contribution in [1.82, 2.24) is 29.9 Å². The summed E-state index contributed by atoms with van der Waals surface area (Å²) in [6, 6.07) is 11.1. The minimum atomic E-state index is -4.07. The second-order valence-corrected chi connectivity index (χ2v) is 10.5. The zero-order valence-corrected chi connectivity index (χ0v) is 20.3. The number of carbonyl (C=O) groups excluding carboxylic acids is 1. The Bertz CT molecular complexity index is 1760. The minimum absolute atomic E-state index is 0.0822. The molecule has 0 saturated carbocycles. The molecule has 0 unspecified atom stereocenters. The van der Waals surface area contributed by atoms with Crippen LogP contribution >= 0.6 is 11.3 Å². The highest BCUT2D eigenvalue weighted by molar-refractivity contribution is 7.92. The summed E-state index contributed by atoms with van der Waals surface area (Å²) in [5.74, 6) is -0.338. The van der Waals surface area contributed by atoms with E-state index in [1.54, 1.807) is 35.2 Å². The van der Waals surface area contributed by atoms with Gasteiger partial charge in [-0.25, -0.2) is 22.9 Å². The Morgan fingerprint density at radius 1 is 1.03 bits per heavy atom. The molecule has 0 atom stereocenters. The smallest absolute Gasteiger partial charge is 0.262 e. The summed E-state index contributed by atoms with van der Waals surface area (Å²) >= 11 is 1.34. The van der Waals surface area contributed by atoms with E-state index in [4.69, 9.17) is 9.84 Å². The third kappa shape index (κ3) is 3.83. The van der Waals surface area contributed by atoms with E-state index in [9.17, 15) is 13.2 Å². The summed E-state index contributed by atoms with van der Waals surface area (Å²) in [7, 11) is -2.67. The standard InChI is InChI=1S/C23H17N7O4S2/c1-34-21-18-9-15(10-26-21)22-28-30-19(12-27-23(30)35-22)13-5-6-24-16(7-13)11-25-20(31)14-3-2-4-17(8-14)36(32,33)29-18/h2-10,12,29H,11H2,1H3,(H,25,31). The lowest BCUT2D eigenvalue weighted by molar-refractivity contribution is 0.0950. The molecule has 1 aromatic carbocycles. The molecule has 180 valence electrons. The molecule has 1 aliphatic rings. The van der Waals surface area contributed by atoms with E-state index in [1.807, 2.05) is 12.1 Å². The number of aromatic nitrogens is 5. The van der Waals surface area contributed by atoms with Crippen LogP contribution in [-0.4, -0.2) is 46.0 Å². The number of hydrogen-bond donors (Lipinski definition) is 2. The van der Waals surface area contributed by atoms with E-state index in [-0.39, 0.29) is 28.6 Å². The van der Waals surface area contributed by atoms with Crippen LogP contribution in [0.15, 0.2) is 66.0 Å².